The Bertz CT molecular complexity index is 849. The molecule has 2 heterocycles. The lowest BCUT2D eigenvalue weighted by Gasteiger charge is -2.52. The van der Waals surface area contributed by atoms with Gasteiger partial charge in [-0.25, -0.2) is 0 Å². The van der Waals surface area contributed by atoms with E-state index in [4.69, 9.17) is 0 Å². The lowest BCUT2D eigenvalue weighted by atomic mass is 9.67. The number of imide groups is 1. The molecule has 5 rings (SSSR count). The van der Waals surface area contributed by atoms with E-state index in [-0.39, 0.29) is 23.6 Å². The Labute approximate surface area is 173 Å². The van der Waals surface area contributed by atoms with E-state index in [2.05, 4.69) is 28.8 Å². The molecule has 7 heteroatoms. The maximum atomic E-state index is 13.0. The Morgan fingerprint density at radius 1 is 1.07 bits per heavy atom. The first kappa shape index (κ1) is 18.6. The third kappa shape index (κ3) is 2.73. The zero-order valence-corrected chi connectivity index (χ0v) is 17.5. The average Bonchev–Trinajstić information content (AvgIpc) is 3.22. The summed E-state index contributed by atoms with van der Waals surface area (Å²) in [4.78, 5) is 38.4. The summed E-state index contributed by atoms with van der Waals surface area (Å²) in [6.45, 7) is 0. The summed E-state index contributed by atoms with van der Waals surface area (Å²) in [7, 11) is 1.48. The lowest BCUT2D eigenvalue weighted by molar-refractivity contribution is -0.122. The topological polar surface area (TPSA) is 66.5 Å². The van der Waals surface area contributed by atoms with Crippen LogP contribution in [0.5, 0.6) is 0 Å². The van der Waals surface area contributed by atoms with Gasteiger partial charge in [-0.1, -0.05) is 6.42 Å². The summed E-state index contributed by atoms with van der Waals surface area (Å²) in [5.74, 6) is 3.24. The molecule has 2 atom stereocenters. The second kappa shape index (κ2) is 6.80. The van der Waals surface area contributed by atoms with Crippen molar-refractivity contribution in [2.24, 2.45) is 17.8 Å². The summed E-state index contributed by atoms with van der Waals surface area (Å²) >= 11 is 4.29. The van der Waals surface area contributed by atoms with E-state index < -0.39 is 0 Å². The number of benzene rings is 1. The molecular formula is C21H24N2O3S2. The van der Waals surface area contributed by atoms with Gasteiger partial charge in [0.25, 0.3) is 11.8 Å². The van der Waals surface area contributed by atoms with E-state index in [0.717, 1.165) is 17.7 Å². The minimum absolute atomic E-state index is 0.0380. The van der Waals surface area contributed by atoms with Crippen molar-refractivity contribution >= 4 is 46.9 Å². The number of hydrogen-bond acceptors (Lipinski definition) is 5. The Kier molecular flexibility index (Phi) is 4.51. The summed E-state index contributed by atoms with van der Waals surface area (Å²) in [5, 5.41) is 3.03. The van der Waals surface area contributed by atoms with E-state index in [1.54, 1.807) is 18.2 Å². The number of carbonyl (C=O) groups excluding carboxylic acids is 3. The van der Waals surface area contributed by atoms with Gasteiger partial charge in [0.05, 0.1) is 15.2 Å². The maximum Gasteiger partial charge on any atom is 0.261 e. The minimum atomic E-state index is -0.305. The highest BCUT2D eigenvalue weighted by atomic mass is 32.2. The van der Waals surface area contributed by atoms with Crippen molar-refractivity contribution in [1.29, 1.82) is 0 Å². The maximum absolute atomic E-state index is 13.0. The van der Waals surface area contributed by atoms with Crippen LogP contribution < -0.4 is 5.32 Å². The van der Waals surface area contributed by atoms with Gasteiger partial charge in [0.1, 0.15) is 0 Å². The van der Waals surface area contributed by atoms with E-state index in [0.29, 0.717) is 32.7 Å². The Hall–Kier alpha value is -1.47. The van der Waals surface area contributed by atoms with Gasteiger partial charge < -0.3 is 5.32 Å². The Balaban J connectivity index is 1.32. The molecule has 3 amide bonds. The molecule has 1 spiro atoms. The number of thioether (sulfide) groups is 2. The highest BCUT2D eigenvalue weighted by Crippen LogP contribution is 2.64. The van der Waals surface area contributed by atoms with E-state index >= 15 is 0 Å². The van der Waals surface area contributed by atoms with E-state index in [1.807, 2.05) is 0 Å². The van der Waals surface area contributed by atoms with Crippen LogP contribution in [-0.4, -0.2) is 45.3 Å². The van der Waals surface area contributed by atoms with Crippen LogP contribution in [0.4, 0.5) is 5.69 Å². The fourth-order valence-electron chi connectivity index (χ4n) is 5.51. The first-order valence-corrected chi connectivity index (χ1v) is 12.0. The largest absolute Gasteiger partial charge is 0.326 e. The Morgan fingerprint density at radius 3 is 2.39 bits per heavy atom. The fraction of sp³-hybridized carbons (Fsp3) is 0.571. The molecule has 4 aliphatic rings. The van der Waals surface area contributed by atoms with Gasteiger partial charge in [0.15, 0.2) is 0 Å². The minimum Gasteiger partial charge on any atom is -0.326 e. The number of carbonyl (C=O) groups is 3. The molecule has 148 valence electrons. The van der Waals surface area contributed by atoms with Gasteiger partial charge in [-0.3, -0.25) is 19.3 Å². The molecule has 28 heavy (non-hydrogen) atoms. The monoisotopic (exact) mass is 416 g/mol. The smallest absolute Gasteiger partial charge is 0.261 e. The van der Waals surface area contributed by atoms with Gasteiger partial charge in [-0.2, -0.15) is 0 Å². The van der Waals surface area contributed by atoms with Gasteiger partial charge in [-0.15, -0.1) is 23.5 Å². The first-order chi connectivity index (χ1) is 13.5. The molecule has 1 N–H and O–H groups in total. The number of fused-ring (bicyclic) bond motifs is 1. The zero-order valence-electron chi connectivity index (χ0n) is 15.9. The van der Waals surface area contributed by atoms with Crippen molar-refractivity contribution in [3.8, 4) is 0 Å². The molecule has 0 aromatic heterocycles. The average molecular weight is 417 g/mol. The van der Waals surface area contributed by atoms with Crippen LogP contribution in [0, 0.1) is 17.8 Å². The number of nitrogens with zero attached hydrogens (tertiary/aromatic N) is 1. The van der Waals surface area contributed by atoms with Crippen molar-refractivity contribution < 1.29 is 14.4 Å². The molecule has 0 radical (unpaired) electrons. The number of hydrogen-bond donors (Lipinski definition) is 1. The van der Waals surface area contributed by atoms with Crippen LogP contribution >= 0.6 is 23.5 Å². The number of rotatable bonds is 2. The van der Waals surface area contributed by atoms with Crippen molar-refractivity contribution in [2.45, 2.75) is 36.2 Å². The summed E-state index contributed by atoms with van der Waals surface area (Å²) in [6.07, 6.45) is 5.70. The second-order valence-corrected chi connectivity index (χ2v) is 11.3. The van der Waals surface area contributed by atoms with Gasteiger partial charge in [0, 0.05) is 30.2 Å². The molecule has 1 saturated heterocycles. The van der Waals surface area contributed by atoms with Crippen LogP contribution in [0.25, 0.3) is 0 Å². The molecule has 5 nitrogen and oxygen atoms in total. The van der Waals surface area contributed by atoms with Crippen molar-refractivity contribution in [3.05, 3.63) is 29.3 Å². The Morgan fingerprint density at radius 2 is 1.71 bits per heavy atom. The quantitative estimate of drug-likeness (QED) is 0.742. The fourth-order valence-corrected chi connectivity index (χ4v) is 9.44. The van der Waals surface area contributed by atoms with Crippen molar-refractivity contribution in [2.75, 3.05) is 23.9 Å². The molecule has 2 bridgehead atoms. The molecular weight excluding hydrogens is 392 g/mol. The third-order valence-corrected chi connectivity index (χ3v) is 10.9. The lowest BCUT2D eigenvalue weighted by Crippen LogP contribution is -2.48. The van der Waals surface area contributed by atoms with Crippen LogP contribution in [-0.2, 0) is 4.79 Å². The summed E-state index contributed by atoms with van der Waals surface area (Å²) in [6, 6.07) is 5.02. The molecule has 2 unspecified atom stereocenters. The number of nitrogens with one attached hydrogen (secondary N) is 1. The highest BCUT2D eigenvalue weighted by molar-refractivity contribution is 8.21. The van der Waals surface area contributed by atoms with Crippen LogP contribution in [0.3, 0.4) is 0 Å². The first-order valence-electron chi connectivity index (χ1n) is 10.0. The van der Waals surface area contributed by atoms with Crippen LogP contribution in [0.2, 0.25) is 0 Å². The summed E-state index contributed by atoms with van der Waals surface area (Å²) < 4.78 is 0.361. The molecule has 1 aromatic carbocycles. The third-order valence-electron chi connectivity index (χ3n) is 6.85. The molecule has 2 saturated carbocycles. The molecule has 2 aliphatic heterocycles. The summed E-state index contributed by atoms with van der Waals surface area (Å²) in [5.41, 5.74) is 1.40. The SMILES string of the molecule is CN1C(=O)c2ccc(NC(=O)C3CC4CCCC(C3)C43SCCS3)cc2C1=O. The van der Waals surface area contributed by atoms with Crippen molar-refractivity contribution in [1.82, 2.24) is 4.90 Å². The van der Waals surface area contributed by atoms with Gasteiger partial charge in [0.2, 0.25) is 5.91 Å². The van der Waals surface area contributed by atoms with Crippen LogP contribution in [0.15, 0.2) is 18.2 Å². The van der Waals surface area contributed by atoms with Crippen LogP contribution in [0.1, 0.15) is 52.8 Å². The zero-order chi connectivity index (χ0) is 19.5. The number of anilines is 1. The molecule has 2 aliphatic carbocycles. The highest BCUT2D eigenvalue weighted by Gasteiger charge is 2.55. The van der Waals surface area contributed by atoms with Crippen molar-refractivity contribution in [3.63, 3.8) is 0 Å². The normalized spacial score (nSPS) is 30.6. The van der Waals surface area contributed by atoms with Gasteiger partial charge in [-0.05, 0) is 55.7 Å². The molecule has 1 aromatic rings. The predicted molar refractivity (Wildman–Crippen MR) is 113 cm³/mol. The van der Waals surface area contributed by atoms with E-state index in [9.17, 15) is 14.4 Å². The van der Waals surface area contributed by atoms with Gasteiger partial charge >= 0.3 is 0 Å². The predicted octanol–water partition coefficient (Wildman–Crippen LogP) is 3.85. The molecule has 3 fully saturated rings. The standard InChI is InChI=1S/C21H24N2O3S2/c1-23-19(25)16-6-5-15(11-17(16)20(23)26)22-18(24)12-9-13-3-2-4-14(10-12)21(13)27-7-8-28-21/h5-6,11-14H,2-4,7-10H2,1H3,(H,22,24). The second-order valence-electron chi connectivity index (χ2n) is 8.33. The number of amides is 3. The van der Waals surface area contributed by atoms with E-state index in [1.165, 1.54) is 37.8 Å².